The summed E-state index contributed by atoms with van der Waals surface area (Å²) in [6.07, 6.45) is 14.0. The highest BCUT2D eigenvalue weighted by Gasteiger charge is 2.54. The minimum Gasteiger partial charge on any atom is -0.206 e. The van der Waals surface area contributed by atoms with Crippen molar-refractivity contribution in [1.82, 2.24) is 0 Å². The summed E-state index contributed by atoms with van der Waals surface area (Å²) in [7, 11) is 0. The van der Waals surface area contributed by atoms with E-state index in [0.717, 1.165) is 69.6 Å². The first-order valence-corrected chi connectivity index (χ1v) is 18.9. The maximum absolute atomic E-state index is 15.2. The number of rotatable bonds is 6. The van der Waals surface area contributed by atoms with Gasteiger partial charge in [0.2, 0.25) is 0 Å². The predicted octanol–water partition coefficient (Wildman–Crippen LogP) is 14.6. The van der Waals surface area contributed by atoms with Crippen molar-refractivity contribution < 1.29 is 26.3 Å². The van der Waals surface area contributed by atoms with E-state index in [0.29, 0.717) is 40.2 Å². The van der Waals surface area contributed by atoms with Gasteiger partial charge in [0.1, 0.15) is 11.6 Å². The van der Waals surface area contributed by atoms with Crippen LogP contribution in [0.25, 0.3) is 27.6 Å². The lowest BCUT2D eigenvalue weighted by molar-refractivity contribution is -0.0839. The van der Waals surface area contributed by atoms with Crippen molar-refractivity contribution in [2.24, 2.45) is 29.6 Å². The van der Waals surface area contributed by atoms with E-state index < -0.39 is 35.0 Å². The Balaban J connectivity index is 0.000000172. The lowest BCUT2D eigenvalue weighted by Gasteiger charge is -2.34. The maximum atomic E-state index is 15.2. The Labute approximate surface area is 299 Å². The molecular formula is C45H52F6. The number of benzene rings is 4. The van der Waals surface area contributed by atoms with Gasteiger partial charge in [-0.1, -0.05) is 114 Å². The summed E-state index contributed by atoms with van der Waals surface area (Å²) in [5, 5.41) is 2.00. The molecule has 0 bridgehead atoms. The third kappa shape index (κ3) is 6.86. The summed E-state index contributed by atoms with van der Waals surface area (Å²) in [6.45, 7) is 4.35. The first-order valence-electron chi connectivity index (χ1n) is 18.9. The van der Waals surface area contributed by atoms with Crippen molar-refractivity contribution in [3.8, 4) is 0 Å². The van der Waals surface area contributed by atoms with Crippen LogP contribution in [0.1, 0.15) is 121 Å². The van der Waals surface area contributed by atoms with Gasteiger partial charge >= 0.3 is 0 Å². The molecule has 2 saturated carbocycles. The van der Waals surface area contributed by atoms with Gasteiger partial charge in [-0.25, -0.2) is 17.6 Å². The minimum atomic E-state index is -3.19. The van der Waals surface area contributed by atoms with E-state index in [1.54, 1.807) is 60.7 Å². The lowest BCUT2D eigenvalue weighted by Crippen LogP contribution is -2.31. The Bertz CT molecular complexity index is 1850. The van der Waals surface area contributed by atoms with Gasteiger partial charge < -0.3 is 0 Å². The Morgan fingerprint density at radius 2 is 1.16 bits per heavy atom. The molecule has 0 amide bonds. The number of allylic oxidation sites excluding steroid dienone is 1. The second-order valence-corrected chi connectivity index (χ2v) is 15.5. The third-order valence-electron chi connectivity index (χ3n) is 12.5. The standard InChI is InChI=1S/C22H25F3.C22H23F3.CH4/c2*1-2-5-14-8-10-15(11-9-14)19-13-17-12-16-6-3-4-7-18(16)21(23)20(17)22(19,24)25;/h3-4,6-7,12,14-15,19H,2,5,8-11,13H2,1H3;3-4,6-7,12-15H,2,5,8-11H2,1H3;1H4. The molecule has 0 nitrogen and oxygen atoms in total. The molecule has 0 spiro atoms. The molecule has 8 rings (SSSR count). The van der Waals surface area contributed by atoms with Gasteiger partial charge in [-0.2, -0.15) is 8.78 Å². The molecule has 0 heterocycles. The molecule has 274 valence electrons. The normalized spacial score (nSPS) is 26.1. The van der Waals surface area contributed by atoms with Crippen LogP contribution in [0, 0.1) is 41.2 Å². The number of alkyl halides is 4. The Morgan fingerprint density at radius 1 is 0.647 bits per heavy atom. The topological polar surface area (TPSA) is 0 Å². The molecule has 4 aliphatic carbocycles. The monoisotopic (exact) mass is 706 g/mol. The van der Waals surface area contributed by atoms with Crippen LogP contribution in [-0.2, 0) is 18.3 Å². The van der Waals surface area contributed by atoms with E-state index in [4.69, 9.17) is 0 Å². The molecule has 0 aliphatic heterocycles. The second-order valence-electron chi connectivity index (χ2n) is 15.5. The summed E-state index contributed by atoms with van der Waals surface area (Å²) >= 11 is 0. The molecule has 2 fully saturated rings. The number of halogens is 6. The van der Waals surface area contributed by atoms with Crippen molar-refractivity contribution in [3.63, 3.8) is 0 Å². The van der Waals surface area contributed by atoms with Crippen LogP contribution in [0.2, 0.25) is 0 Å². The molecule has 0 saturated heterocycles. The smallest absolute Gasteiger partial charge is 0.206 e. The predicted molar refractivity (Wildman–Crippen MR) is 198 cm³/mol. The summed E-state index contributed by atoms with van der Waals surface area (Å²) in [5.41, 5.74) is 0.254. The highest BCUT2D eigenvalue weighted by Crippen LogP contribution is 2.55. The second kappa shape index (κ2) is 15.0. The van der Waals surface area contributed by atoms with Crippen LogP contribution in [0.15, 0.2) is 66.2 Å². The Morgan fingerprint density at radius 3 is 1.73 bits per heavy atom. The minimum absolute atomic E-state index is 0. The largest absolute Gasteiger partial charge is 0.298 e. The molecule has 0 radical (unpaired) electrons. The van der Waals surface area contributed by atoms with Gasteiger partial charge in [0, 0.05) is 22.3 Å². The van der Waals surface area contributed by atoms with Gasteiger partial charge in [0.15, 0.2) is 0 Å². The summed E-state index contributed by atoms with van der Waals surface area (Å²) in [5.74, 6) is -7.20. The first kappa shape index (κ1) is 37.5. The van der Waals surface area contributed by atoms with Gasteiger partial charge in [-0.3, -0.25) is 0 Å². The van der Waals surface area contributed by atoms with E-state index in [2.05, 4.69) is 13.8 Å². The van der Waals surface area contributed by atoms with E-state index >= 15 is 17.6 Å². The zero-order valence-corrected chi connectivity index (χ0v) is 29.2. The SMILES string of the molecule is C.CCCC1CCC(C2=Cc3cc4ccccc4c(F)c3C2(F)F)CC1.CCCC1CCC(C2Cc3cc4ccccc4c(F)c3C2(F)F)CC1. The fraction of sp³-hybridized carbons (Fsp3) is 0.511. The quantitative estimate of drug-likeness (QED) is 0.175. The first-order chi connectivity index (χ1) is 24.0. The molecule has 1 atom stereocenters. The molecule has 0 aromatic heterocycles. The lowest BCUT2D eigenvalue weighted by atomic mass is 9.73. The highest BCUT2D eigenvalue weighted by molar-refractivity contribution is 5.89. The number of hydrogen-bond acceptors (Lipinski definition) is 0. The molecule has 4 aromatic carbocycles. The molecule has 6 heteroatoms. The fourth-order valence-corrected chi connectivity index (χ4v) is 9.88. The van der Waals surface area contributed by atoms with E-state index in [-0.39, 0.29) is 35.8 Å². The molecule has 4 aliphatic rings. The van der Waals surface area contributed by atoms with Crippen LogP contribution in [0.5, 0.6) is 0 Å². The highest BCUT2D eigenvalue weighted by atomic mass is 19.3. The van der Waals surface area contributed by atoms with E-state index in [1.165, 1.54) is 12.8 Å². The summed E-state index contributed by atoms with van der Waals surface area (Å²) in [6, 6.07) is 17.3. The Kier molecular flexibility index (Phi) is 11.0. The van der Waals surface area contributed by atoms with Gasteiger partial charge in [-0.15, -0.1) is 0 Å². The van der Waals surface area contributed by atoms with Crippen molar-refractivity contribution in [3.05, 3.63) is 100 Å². The molecule has 1 unspecified atom stereocenters. The van der Waals surface area contributed by atoms with E-state index in [9.17, 15) is 8.78 Å². The van der Waals surface area contributed by atoms with Crippen LogP contribution in [-0.4, -0.2) is 0 Å². The van der Waals surface area contributed by atoms with Crippen LogP contribution < -0.4 is 0 Å². The summed E-state index contributed by atoms with van der Waals surface area (Å²) < 4.78 is 90.3. The van der Waals surface area contributed by atoms with Crippen molar-refractivity contribution in [1.29, 1.82) is 0 Å². The third-order valence-corrected chi connectivity index (χ3v) is 12.5. The van der Waals surface area contributed by atoms with Crippen LogP contribution >= 0.6 is 0 Å². The molecule has 0 N–H and O–H groups in total. The zero-order chi connectivity index (χ0) is 35.2. The van der Waals surface area contributed by atoms with Crippen molar-refractivity contribution >= 4 is 27.6 Å². The number of fused-ring (bicyclic) bond motifs is 4. The van der Waals surface area contributed by atoms with Crippen LogP contribution in [0.3, 0.4) is 0 Å². The maximum Gasteiger partial charge on any atom is 0.298 e. The van der Waals surface area contributed by atoms with Crippen molar-refractivity contribution in [2.75, 3.05) is 0 Å². The Hall–Kier alpha value is -3.28. The fourth-order valence-electron chi connectivity index (χ4n) is 9.88. The van der Waals surface area contributed by atoms with Gasteiger partial charge in [0.25, 0.3) is 11.8 Å². The zero-order valence-electron chi connectivity index (χ0n) is 29.2. The summed E-state index contributed by atoms with van der Waals surface area (Å²) in [4.78, 5) is 0. The molecular weight excluding hydrogens is 654 g/mol. The molecule has 51 heavy (non-hydrogen) atoms. The number of hydrogen-bond donors (Lipinski definition) is 0. The van der Waals surface area contributed by atoms with Crippen LogP contribution in [0.4, 0.5) is 26.3 Å². The average Bonchev–Trinajstić information content (AvgIpc) is 3.54. The molecule has 4 aromatic rings. The van der Waals surface area contributed by atoms with E-state index in [1.807, 2.05) is 6.07 Å². The van der Waals surface area contributed by atoms with Gasteiger partial charge in [-0.05, 0) is 103 Å². The van der Waals surface area contributed by atoms with Crippen molar-refractivity contribution in [2.45, 2.75) is 117 Å². The van der Waals surface area contributed by atoms with Gasteiger partial charge in [0.05, 0.1) is 11.1 Å². The average molecular weight is 707 g/mol.